The van der Waals surface area contributed by atoms with E-state index in [0.717, 1.165) is 38.6 Å². The van der Waals surface area contributed by atoms with Gasteiger partial charge in [0, 0.05) is 33.9 Å². The Morgan fingerprint density at radius 2 is 2.11 bits per heavy atom. The second-order valence-corrected chi connectivity index (χ2v) is 6.78. The molecule has 0 radical (unpaired) electrons. The Morgan fingerprint density at radius 1 is 1.30 bits per heavy atom. The zero-order chi connectivity index (χ0) is 19.0. The minimum Gasteiger partial charge on any atom is -0.369 e. The van der Waals surface area contributed by atoms with E-state index in [1.54, 1.807) is 18.5 Å². The van der Waals surface area contributed by atoms with Gasteiger partial charge in [-0.25, -0.2) is 4.98 Å². The highest BCUT2D eigenvalue weighted by molar-refractivity contribution is 6.33. The number of fused-ring (bicyclic) bond motifs is 3. The molecule has 0 saturated carbocycles. The van der Waals surface area contributed by atoms with Crippen molar-refractivity contribution in [3.05, 3.63) is 76.8 Å². The third-order valence-corrected chi connectivity index (χ3v) is 4.89. The van der Waals surface area contributed by atoms with Crippen molar-refractivity contribution in [3.63, 3.8) is 0 Å². The quantitative estimate of drug-likeness (QED) is 0.551. The van der Waals surface area contributed by atoms with Crippen LogP contribution in [0.1, 0.15) is 22.5 Å². The van der Waals surface area contributed by atoms with Gasteiger partial charge in [-0.3, -0.25) is 9.78 Å². The van der Waals surface area contributed by atoms with Crippen molar-refractivity contribution < 1.29 is 4.79 Å². The summed E-state index contributed by atoms with van der Waals surface area (Å²) in [4.78, 5) is 23.7. The second-order valence-electron chi connectivity index (χ2n) is 6.38. The number of H-pyrrole nitrogens is 1. The molecule has 3 N–H and O–H groups in total. The van der Waals surface area contributed by atoms with Crippen molar-refractivity contribution in [2.75, 3.05) is 0 Å². The number of primary amides is 1. The minimum atomic E-state index is -0.400. The first-order valence-corrected chi connectivity index (χ1v) is 8.87. The summed E-state index contributed by atoms with van der Waals surface area (Å²) >= 11 is 6.64. The maximum absolute atomic E-state index is 11.5. The van der Waals surface area contributed by atoms with Crippen LogP contribution in [0.25, 0.3) is 27.9 Å². The SMILES string of the molecule is C=Cc1cncc(Cc2c(Cl)cc(CC(N)=O)c3[nH]c4ccccc4c23)n1. The Bertz CT molecular complexity index is 1200. The number of hydrogen-bond donors (Lipinski definition) is 2. The smallest absolute Gasteiger partial charge is 0.221 e. The van der Waals surface area contributed by atoms with E-state index in [0.29, 0.717) is 17.1 Å². The first-order valence-electron chi connectivity index (χ1n) is 8.49. The molecule has 0 aliphatic rings. The zero-order valence-electron chi connectivity index (χ0n) is 14.5. The molecule has 2 aromatic heterocycles. The fraction of sp³-hybridized carbons (Fsp3) is 0.0952. The van der Waals surface area contributed by atoms with E-state index in [1.165, 1.54) is 0 Å². The standard InChI is InChI=1S/C21H17ClN4O/c1-2-13-10-24-11-14(25-13)9-16-17(22)7-12(8-19(23)27)21-20(16)15-5-3-4-6-18(15)26-21/h2-7,10-11,26H,1,8-9H2,(H2,23,27). The number of carbonyl (C=O) groups is 1. The summed E-state index contributed by atoms with van der Waals surface area (Å²) in [6, 6.07) is 9.79. The van der Waals surface area contributed by atoms with Gasteiger partial charge in [-0.05, 0) is 29.3 Å². The number of nitrogens with one attached hydrogen (secondary N) is 1. The molecule has 0 fully saturated rings. The van der Waals surface area contributed by atoms with Gasteiger partial charge >= 0.3 is 0 Å². The molecule has 6 heteroatoms. The van der Waals surface area contributed by atoms with E-state index in [-0.39, 0.29) is 6.42 Å². The molecule has 2 heterocycles. The van der Waals surface area contributed by atoms with Crippen molar-refractivity contribution in [2.24, 2.45) is 5.73 Å². The molecule has 0 aliphatic heterocycles. The van der Waals surface area contributed by atoms with E-state index >= 15 is 0 Å². The third-order valence-electron chi connectivity index (χ3n) is 4.55. The van der Waals surface area contributed by atoms with Gasteiger partial charge in [0.1, 0.15) is 0 Å². The Balaban J connectivity index is 1.97. The Hall–Kier alpha value is -3.18. The fourth-order valence-corrected chi connectivity index (χ4v) is 3.71. The monoisotopic (exact) mass is 376 g/mol. The number of nitrogens with zero attached hydrogens (tertiary/aromatic N) is 2. The topological polar surface area (TPSA) is 84.7 Å². The molecule has 0 aliphatic carbocycles. The predicted molar refractivity (Wildman–Crippen MR) is 109 cm³/mol. The number of rotatable bonds is 5. The molecule has 27 heavy (non-hydrogen) atoms. The summed E-state index contributed by atoms with van der Waals surface area (Å²) in [5.74, 6) is -0.400. The lowest BCUT2D eigenvalue weighted by Crippen LogP contribution is -2.14. The van der Waals surface area contributed by atoms with Crippen LogP contribution in [0.4, 0.5) is 0 Å². The van der Waals surface area contributed by atoms with Gasteiger partial charge in [-0.2, -0.15) is 0 Å². The molecular weight excluding hydrogens is 360 g/mol. The highest BCUT2D eigenvalue weighted by atomic mass is 35.5. The second kappa shape index (κ2) is 6.85. The van der Waals surface area contributed by atoms with Crippen LogP contribution < -0.4 is 5.73 Å². The number of aromatic amines is 1. The normalized spacial score (nSPS) is 11.1. The van der Waals surface area contributed by atoms with Gasteiger partial charge in [0.15, 0.2) is 0 Å². The van der Waals surface area contributed by atoms with E-state index < -0.39 is 5.91 Å². The zero-order valence-corrected chi connectivity index (χ0v) is 15.3. The Morgan fingerprint density at radius 3 is 2.89 bits per heavy atom. The number of hydrogen-bond acceptors (Lipinski definition) is 3. The minimum absolute atomic E-state index is 0.120. The molecule has 0 unspecified atom stereocenters. The molecule has 1 amide bonds. The van der Waals surface area contributed by atoms with E-state index in [4.69, 9.17) is 17.3 Å². The Labute approximate surface area is 160 Å². The highest BCUT2D eigenvalue weighted by Gasteiger charge is 2.18. The summed E-state index contributed by atoms with van der Waals surface area (Å²) in [6.07, 6.45) is 5.68. The summed E-state index contributed by atoms with van der Waals surface area (Å²) < 4.78 is 0. The number of halogens is 1. The molecule has 134 valence electrons. The van der Waals surface area contributed by atoms with Gasteiger partial charge in [-0.15, -0.1) is 0 Å². The van der Waals surface area contributed by atoms with E-state index in [2.05, 4.69) is 21.5 Å². The molecular formula is C21H17ClN4O. The molecule has 4 rings (SSSR count). The van der Waals surface area contributed by atoms with Gasteiger partial charge in [0.2, 0.25) is 5.91 Å². The Kier molecular flexibility index (Phi) is 4.38. The van der Waals surface area contributed by atoms with Crippen molar-refractivity contribution in [3.8, 4) is 0 Å². The average molecular weight is 377 g/mol. The van der Waals surface area contributed by atoms with Gasteiger partial charge in [-0.1, -0.05) is 36.4 Å². The summed E-state index contributed by atoms with van der Waals surface area (Å²) in [6.45, 7) is 3.74. The average Bonchev–Trinajstić information content (AvgIpc) is 3.04. The van der Waals surface area contributed by atoms with Crippen LogP contribution in [0.15, 0.2) is 49.3 Å². The summed E-state index contributed by atoms with van der Waals surface area (Å²) in [5.41, 5.74) is 10.5. The molecule has 0 bridgehead atoms. The number of nitrogens with two attached hydrogens (primary N) is 1. The number of benzene rings is 2. The lowest BCUT2D eigenvalue weighted by atomic mass is 9.98. The maximum atomic E-state index is 11.5. The van der Waals surface area contributed by atoms with Crippen LogP contribution in [-0.4, -0.2) is 20.9 Å². The van der Waals surface area contributed by atoms with Gasteiger partial charge in [0.05, 0.1) is 29.5 Å². The van der Waals surface area contributed by atoms with Gasteiger partial charge in [0.25, 0.3) is 0 Å². The third kappa shape index (κ3) is 3.17. The first-order chi connectivity index (χ1) is 13.1. The van der Waals surface area contributed by atoms with Crippen molar-refractivity contribution >= 4 is 45.4 Å². The lowest BCUT2D eigenvalue weighted by molar-refractivity contribution is -0.117. The van der Waals surface area contributed by atoms with Crippen molar-refractivity contribution in [1.29, 1.82) is 0 Å². The maximum Gasteiger partial charge on any atom is 0.221 e. The molecule has 5 nitrogen and oxygen atoms in total. The number of amides is 1. The predicted octanol–water partition coefficient (Wildman–Crippen LogP) is 4.03. The van der Waals surface area contributed by atoms with Crippen molar-refractivity contribution in [2.45, 2.75) is 12.8 Å². The van der Waals surface area contributed by atoms with Crippen LogP contribution in [0, 0.1) is 0 Å². The fourth-order valence-electron chi connectivity index (χ4n) is 3.42. The van der Waals surface area contributed by atoms with Crippen LogP contribution >= 0.6 is 11.6 Å². The first kappa shape index (κ1) is 17.2. The van der Waals surface area contributed by atoms with Crippen molar-refractivity contribution in [1.82, 2.24) is 15.0 Å². The van der Waals surface area contributed by atoms with Crippen LogP contribution in [-0.2, 0) is 17.6 Å². The van der Waals surface area contributed by atoms with Crippen LogP contribution in [0.5, 0.6) is 0 Å². The van der Waals surface area contributed by atoms with Gasteiger partial charge < -0.3 is 10.7 Å². The molecule has 0 saturated heterocycles. The van der Waals surface area contributed by atoms with E-state index in [9.17, 15) is 4.79 Å². The number of aromatic nitrogens is 3. The number of carbonyl (C=O) groups excluding carboxylic acids is 1. The molecule has 4 aromatic rings. The number of para-hydroxylation sites is 1. The molecule has 0 atom stereocenters. The summed E-state index contributed by atoms with van der Waals surface area (Å²) in [7, 11) is 0. The molecule has 0 spiro atoms. The van der Waals surface area contributed by atoms with Crippen LogP contribution in [0.2, 0.25) is 5.02 Å². The lowest BCUT2D eigenvalue weighted by Gasteiger charge is -2.11. The summed E-state index contributed by atoms with van der Waals surface area (Å²) in [5, 5.41) is 2.61. The highest BCUT2D eigenvalue weighted by Crippen LogP contribution is 2.36. The largest absolute Gasteiger partial charge is 0.369 e. The van der Waals surface area contributed by atoms with E-state index in [1.807, 2.05) is 30.3 Å². The van der Waals surface area contributed by atoms with Crippen LogP contribution in [0.3, 0.4) is 0 Å². The molecule has 2 aromatic carbocycles.